The van der Waals surface area contributed by atoms with Crippen molar-refractivity contribution in [2.24, 2.45) is 23.2 Å². The Balaban J connectivity index is 1.80. The van der Waals surface area contributed by atoms with E-state index in [-0.39, 0.29) is 11.5 Å². The van der Waals surface area contributed by atoms with Gasteiger partial charge in [0.1, 0.15) is 0 Å². The molecule has 3 atom stereocenters. The van der Waals surface area contributed by atoms with Crippen LogP contribution in [0.25, 0.3) is 0 Å². The van der Waals surface area contributed by atoms with Crippen LogP contribution in [0.15, 0.2) is 0 Å². The summed E-state index contributed by atoms with van der Waals surface area (Å²) in [6.07, 6.45) is 5.59. The van der Waals surface area contributed by atoms with Crippen LogP contribution in [0.5, 0.6) is 0 Å². The van der Waals surface area contributed by atoms with Gasteiger partial charge in [0.25, 0.3) is 10.1 Å². The Morgan fingerprint density at radius 2 is 1.78 bits per heavy atom. The lowest BCUT2D eigenvalue weighted by Gasteiger charge is -2.59. The molecule has 4 aliphatic carbocycles. The Morgan fingerprint density at radius 1 is 1.22 bits per heavy atom. The van der Waals surface area contributed by atoms with Gasteiger partial charge >= 0.3 is 0 Å². The monoisotopic (exact) mass is 274 g/mol. The average molecular weight is 274 g/mol. The van der Waals surface area contributed by atoms with Crippen molar-refractivity contribution in [3.63, 3.8) is 0 Å². The van der Waals surface area contributed by atoms with Crippen LogP contribution in [0.1, 0.15) is 45.4 Å². The maximum Gasteiger partial charge on any atom is 0.267 e. The van der Waals surface area contributed by atoms with Crippen molar-refractivity contribution < 1.29 is 18.1 Å². The first-order valence-electron chi connectivity index (χ1n) is 6.93. The lowest BCUT2D eigenvalue weighted by molar-refractivity contribution is -0.136. The SMILES string of the molecule is CC(CC12CC3CC(C1)C(O)C(C3)C2)S(=O)(=O)O. The highest BCUT2D eigenvalue weighted by atomic mass is 32.2. The van der Waals surface area contributed by atoms with Crippen LogP contribution in [-0.4, -0.2) is 29.4 Å². The van der Waals surface area contributed by atoms with Crippen LogP contribution in [0.4, 0.5) is 0 Å². The predicted octanol–water partition coefficient (Wildman–Crippen LogP) is 1.84. The Bertz CT molecular complexity index is 428. The number of hydrogen-bond acceptors (Lipinski definition) is 3. The van der Waals surface area contributed by atoms with Gasteiger partial charge in [-0.1, -0.05) is 0 Å². The lowest BCUT2D eigenvalue weighted by Crippen LogP contribution is -2.54. The third kappa shape index (κ3) is 2.00. The summed E-state index contributed by atoms with van der Waals surface area (Å²) in [5.74, 6) is 1.40. The van der Waals surface area contributed by atoms with Gasteiger partial charge in [0.05, 0.1) is 11.4 Å². The molecule has 4 bridgehead atoms. The molecule has 104 valence electrons. The van der Waals surface area contributed by atoms with Crippen molar-refractivity contribution in [2.45, 2.75) is 56.8 Å². The second-order valence-electron chi connectivity index (χ2n) is 6.99. The normalized spacial score (nSPS) is 48.4. The molecule has 0 aliphatic heterocycles. The highest BCUT2D eigenvalue weighted by molar-refractivity contribution is 7.86. The van der Waals surface area contributed by atoms with E-state index in [1.54, 1.807) is 6.92 Å². The predicted molar refractivity (Wildman–Crippen MR) is 67.6 cm³/mol. The molecule has 4 saturated carbocycles. The fourth-order valence-corrected chi connectivity index (χ4v) is 5.70. The number of hydrogen-bond donors (Lipinski definition) is 2. The average Bonchev–Trinajstić information content (AvgIpc) is 2.22. The minimum Gasteiger partial charge on any atom is -0.393 e. The molecule has 5 heteroatoms. The molecule has 18 heavy (non-hydrogen) atoms. The van der Waals surface area contributed by atoms with Gasteiger partial charge in [-0.25, -0.2) is 0 Å². The van der Waals surface area contributed by atoms with Gasteiger partial charge in [0.15, 0.2) is 0 Å². The third-order valence-corrected chi connectivity index (χ3v) is 6.76. The fourth-order valence-electron chi connectivity index (χ4n) is 5.13. The van der Waals surface area contributed by atoms with E-state index in [4.69, 9.17) is 4.55 Å². The molecule has 2 N–H and O–H groups in total. The van der Waals surface area contributed by atoms with Gasteiger partial charge in [-0.05, 0) is 68.6 Å². The topological polar surface area (TPSA) is 74.6 Å². The van der Waals surface area contributed by atoms with Crippen molar-refractivity contribution in [2.75, 3.05) is 0 Å². The van der Waals surface area contributed by atoms with E-state index in [1.807, 2.05) is 0 Å². The second kappa shape index (κ2) is 3.93. The third-order valence-electron chi connectivity index (χ3n) is 5.58. The summed E-state index contributed by atoms with van der Waals surface area (Å²) >= 11 is 0. The first-order chi connectivity index (χ1) is 8.29. The molecule has 4 rings (SSSR count). The van der Waals surface area contributed by atoms with Crippen LogP contribution in [0, 0.1) is 23.2 Å². The number of rotatable bonds is 3. The summed E-state index contributed by atoms with van der Waals surface area (Å²) in [7, 11) is -3.92. The van der Waals surface area contributed by atoms with Crippen LogP contribution >= 0.6 is 0 Å². The second-order valence-corrected chi connectivity index (χ2v) is 8.82. The molecule has 4 fully saturated rings. The number of aliphatic hydroxyl groups is 1. The molecular formula is C13H22O4S. The van der Waals surface area contributed by atoms with Crippen LogP contribution < -0.4 is 0 Å². The van der Waals surface area contributed by atoms with Crippen LogP contribution in [0.2, 0.25) is 0 Å². The van der Waals surface area contributed by atoms with Crippen molar-refractivity contribution in [1.82, 2.24) is 0 Å². The van der Waals surface area contributed by atoms with Crippen molar-refractivity contribution in [1.29, 1.82) is 0 Å². The molecule has 0 saturated heterocycles. The van der Waals surface area contributed by atoms with Crippen molar-refractivity contribution >= 4 is 10.1 Å². The summed E-state index contributed by atoms with van der Waals surface area (Å²) in [6, 6.07) is 0. The van der Waals surface area contributed by atoms with Gasteiger partial charge < -0.3 is 5.11 Å². The van der Waals surface area contributed by atoms with Crippen molar-refractivity contribution in [3.05, 3.63) is 0 Å². The zero-order chi connectivity index (χ0) is 13.1. The van der Waals surface area contributed by atoms with Crippen molar-refractivity contribution in [3.8, 4) is 0 Å². The highest BCUT2D eigenvalue weighted by Crippen LogP contribution is 2.61. The van der Waals surface area contributed by atoms with Gasteiger partial charge in [0, 0.05) is 0 Å². The zero-order valence-electron chi connectivity index (χ0n) is 10.7. The largest absolute Gasteiger partial charge is 0.393 e. The minimum absolute atomic E-state index is 0.0605. The van der Waals surface area contributed by atoms with Gasteiger partial charge in [-0.15, -0.1) is 0 Å². The van der Waals surface area contributed by atoms with E-state index >= 15 is 0 Å². The Kier molecular flexibility index (Phi) is 2.81. The molecule has 0 radical (unpaired) electrons. The zero-order valence-corrected chi connectivity index (χ0v) is 11.6. The smallest absolute Gasteiger partial charge is 0.267 e. The Labute approximate surface area is 109 Å². The van der Waals surface area contributed by atoms with Gasteiger partial charge in [-0.2, -0.15) is 8.42 Å². The van der Waals surface area contributed by atoms with Gasteiger partial charge in [-0.3, -0.25) is 4.55 Å². The lowest BCUT2D eigenvalue weighted by atomic mass is 9.47. The summed E-state index contributed by atoms with van der Waals surface area (Å²) in [4.78, 5) is 0. The molecule has 3 unspecified atom stereocenters. The first-order valence-corrected chi connectivity index (χ1v) is 8.44. The van der Waals surface area contributed by atoms with E-state index in [9.17, 15) is 13.5 Å². The molecule has 0 spiro atoms. The standard InChI is InChI=1S/C13H22O4S/c1-8(18(15,16)17)4-13-5-9-2-10(6-13)12(14)11(3-9)7-13/h8-12,14H,2-7H2,1H3,(H,15,16,17). The molecule has 0 aromatic carbocycles. The Morgan fingerprint density at radius 3 is 2.28 bits per heavy atom. The molecule has 4 aliphatic rings. The summed E-state index contributed by atoms with van der Waals surface area (Å²) < 4.78 is 31.6. The molecule has 0 heterocycles. The van der Waals surface area contributed by atoms with E-state index in [0.29, 0.717) is 24.2 Å². The quantitative estimate of drug-likeness (QED) is 0.770. The summed E-state index contributed by atoms with van der Waals surface area (Å²) in [5, 5.41) is 9.49. The molecule has 0 amide bonds. The van der Waals surface area contributed by atoms with Crippen LogP contribution in [-0.2, 0) is 10.1 Å². The molecule has 4 nitrogen and oxygen atoms in total. The molecule has 0 aromatic heterocycles. The van der Waals surface area contributed by atoms with Gasteiger partial charge in [0.2, 0.25) is 0 Å². The Hall–Kier alpha value is -0.130. The maximum absolute atomic E-state index is 11.2. The maximum atomic E-state index is 11.2. The van der Waals surface area contributed by atoms with Crippen LogP contribution in [0.3, 0.4) is 0 Å². The molecule has 0 aromatic rings. The highest BCUT2D eigenvalue weighted by Gasteiger charge is 2.55. The number of aliphatic hydroxyl groups excluding tert-OH is 1. The van der Waals surface area contributed by atoms with E-state index < -0.39 is 15.4 Å². The molecular weight excluding hydrogens is 252 g/mol. The summed E-state index contributed by atoms with van der Waals surface area (Å²) in [5.41, 5.74) is 0.0605. The van der Waals surface area contributed by atoms with E-state index in [0.717, 1.165) is 32.1 Å². The van der Waals surface area contributed by atoms with E-state index in [1.165, 1.54) is 0 Å². The fraction of sp³-hybridized carbons (Fsp3) is 1.00. The first kappa shape index (κ1) is 12.9. The minimum atomic E-state index is -3.92. The van der Waals surface area contributed by atoms with E-state index in [2.05, 4.69) is 0 Å². The summed E-state index contributed by atoms with van der Waals surface area (Å²) in [6.45, 7) is 1.60.